The van der Waals surface area contributed by atoms with Gasteiger partial charge < -0.3 is 0 Å². The van der Waals surface area contributed by atoms with Crippen molar-refractivity contribution in [1.82, 2.24) is 5.32 Å². The second-order valence-electron chi connectivity index (χ2n) is 7.52. The molecular weight excluding hydrogens is 361 g/mol. The van der Waals surface area contributed by atoms with Gasteiger partial charge in [-0.3, -0.25) is 0 Å². The molecule has 1 saturated carbocycles. The van der Waals surface area contributed by atoms with Crippen LogP contribution in [0.25, 0.3) is 0 Å². The Kier molecular flexibility index (Phi) is 2.94. The second kappa shape index (κ2) is 4.52. The average molecular weight is 383 g/mol. The predicted octanol–water partition coefficient (Wildman–Crippen LogP) is 4.51. The molecule has 2 heteroatoms. The van der Waals surface area contributed by atoms with Gasteiger partial charge in [-0.1, -0.05) is 0 Å². The quantitative estimate of drug-likeness (QED) is 0.693. The molecule has 1 aliphatic carbocycles. The number of fused-ring (bicyclic) bond motifs is 3. The summed E-state index contributed by atoms with van der Waals surface area (Å²) in [6.07, 6.45) is 1.19. The third-order valence-corrected chi connectivity index (χ3v) is 14.5. The molecular formula is C19H22NSn. The first-order chi connectivity index (χ1) is 10.0. The molecule has 1 radical (unpaired) electrons. The summed E-state index contributed by atoms with van der Waals surface area (Å²) in [7, 11) is 0. The van der Waals surface area contributed by atoms with E-state index in [1.54, 1.807) is 0 Å². The zero-order chi connectivity index (χ0) is 14.7. The Bertz CT molecular complexity index is 673. The number of benzene rings is 2. The van der Waals surface area contributed by atoms with E-state index in [2.05, 4.69) is 69.4 Å². The van der Waals surface area contributed by atoms with Crippen molar-refractivity contribution in [2.24, 2.45) is 5.92 Å². The molecule has 4 rings (SSSR count). The van der Waals surface area contributed by atoms with Gasteiger partial charge in [0.25, 0.3) is 0 Å². The zero-order valence-electron chi connectivity index (χ0n) is 13.0. The van der Waals surface area contributed by atoms with E-state index in [1.807, 2.05) is 0 Å². The van der Waals surface area contributed by atoms with Crippen LogP contribution in [0.2, 0.25) is 14.8 Å². The van der Waals surface area contributed by atoms with Crippen molar-refractivity contribution < 1.29 is 0 Å². The fraction of sp³-hybridized carbons (Fsp3) is 0.368. The standard InChI is InChI=1S/C16H13N.3CH3.Sn/c1-2-6-11(7-3-1)10-13-15-12-8-4-5-9-14(12)17-16(13)15;;;;/h1-9,13,15H,10H2;3*1H3;/t13-,15-;;;;/m1..../s1. The molecule has 1 fully saturated rings. The van der Waals surface area contributed by atoms with Gasteiger partial charge in [0.15, 0.2) is 0 Å². The Morgan fingerprint density at radius 3 is 2.33 bits per heavy atom. The van der Waals surface area contributed by atoms with Crippen molar-refractivity contribution in [1.29, 1.82) is 0 Å². The van der Waals surface area contributed by atoms with Crippen LogP contribution in [0.5, 0.6) is 0 Å². The van der Waals surface area contributed by atoms with Gasteiger partial charge in [-0.05, 0) is 0 Å². The first-order valence-electron chi connectivity index (χ1n) is 7.90. The van der Waals surface area contributed by atoms with E-state index in [0.29, 0.717) is 9.47 Å². The van der Waals surface area contributed by atoms with Crippen LogP contribution in [0.4, 0.5) is 5.69 Å². The third kappa shape index (κ3) is 1.89. The van der Waals surface area contributed by atoms with Crippen LogP contribution < -0.4 is 5.32 Å². The molecule has 1 nitrogen and oxygen atoms in total. The maximum atomic E-state index is 5.30. The van der Waals surface area contributed by atoms with Crippen molar-refractivity contribution in [3.05, 3.63) is 65.7 Å². The number of para-hydroxylation sites is 1. The van der Waals surface area contributed by atoms with E-state index in [9.17, 15) is 0 Å². The Labute approximate surface area is 131 Å². The SMILES string of the molecule is [CH3][Sn]([CH3])([CH3])[C@]12[N]c3ccccc3[C@@H]1[C@H]2Cc1ccccc1. The summed E-state index contributed by atoms with van der Waals surface area (Å²) in [6.45, 7) is 0. The van der Waals surface area contributed by atoms with Gasteiger partial charge in [0.2, 0.25) is 0 Å². The van der Waals surface area contributed by atoms with Gasteiger partial charge in [-0.15, -0.1) is 0 Å². The van der Waals surface area contributed by atoms with Crippen molar-refractivity contribution in [2.75, 3.05) is 0 Å². The van der Waals surface area contributed by atoms with Crippen molar-refractivity contribution in [3.63, 3.8) is 0 Å². The van der Waals surface area contributed by atoms with Crippen LogP contribution in [-0.4, -0.2) is 21.9 Å². The Morgan fingerprint density at radius 1 is 0.952 bits per heavy atom. The predicted molar refractivity (Wildman–Crippen MR) is 90.7 cm³/mol. The molecule has 0 amide bonds. The first-order valence-corrected chi connectivity index (χ1v) is 17.9. The topological polar surface area (TPSA) is 14.1 Å². The van der Waals surface area contributed by atoms with E-state index >= 15 is 0 Å². The van der Waals surface area contributed by atoms with Crippen LogP contribution in [0.3, 0.4) is 0 Å². The fourth-order valence-corrected chi connectivity index (χ4v) is 13.1. The summed E-state index contributed by atoms with van der Waals surface area (Å²) in [5, 5.41) is 5.30. The molecule has 0 bridgehead atoms. The van der Waals surface area contributed by atoms with E-state index in [4.69, 9.17) is 5.32 Å². The van der Waals surface area contributed by atoms with E-state index in [1.165, 1.54) is 23.2 Å². The average Bonchev–Trinajstić information content (AvgIpc) is 2.94. The minimum absolute atomic E-state index is 0.314. The second-order valence-corrected chi connectivity index (χ2v) is 22.6. The minimum atomic E-state index is -2.15. The van der Waals surface area contributed by atoms with Crippen LogP contribution in [0.15, 0.2) is 54.6 Å². The monoisotopic (exact) mass is 384 g/mol. The number of nitrogens with zero attached hydrogens (tertiary/aromatic N) is 1. The summed E-state index contributed by atoms with van der Waals surface area (Å²) in [5.41, 5.74) is 4.27. The van der Waals surface area contributed by atoms with Gasteiger partial charge in [0.05, 0.1) is 0 Å². The molecule has 0 aromatic heterocycles. The van der Waals surface area contributed by atoms with Crippen molar-refractivity contribution in [2.45, 2.75) is 30.7 Å². The molecule has 2 aromatic carbocycles. The van der Waals surface area contributed by atoms with Gasteiger partial charge in [-0.25, -0.2) is 0 Å². The van der Waals surface area contributed by atoms with Crippen molar-refractivity contribution in [3.8, 4) is 0 Å². The third-order valence-electron chi connectivity index (χ3n) is 5.41. The van der Waals surface area contributed by atoms with Crippen LogP contribution in [0, 0.1) is 5.92 Å². The number of hydrogen-bond donors (Lipinski definition) is 0. The van der Waals surface area contributed by atoms with Crippen LogP contribution >= 0.6 is 0 Å². The number of hydrogen-bond acceptors (Lipinski definition) is 0. The van der Waals surface area contributed by atoms with E-state index in [0.717, 1.165) is 5.92 Å². The maximum absolute atomic E-state index is 5.30. The molecule has 1 aliphatic heterocycles. The zero-order valence-corrected chi connectivity index (χ0v) is 15.9. The van der Waals surface area contributed by atoms with Gasteiger partial charge >= 0.3 is 132 Å². The van der Waals surface area contributed by atoms with Gasteiger partial charge in [0.1, 0.15) is 0 Å². The molecule has 2 aliphatic rings. The Balaban J connectivity index is 1.71. The molecule has 0 unspecified atom stereocenters. The summed E-state index contributed by atoms with van der Waals surface area (Å²) in [4.78, 5) is 7.67. The van der Waals surface area contributed by atoms with Gasteiger partial charge in [-0.2, -0.15) is 0 Å². The normalized spacial score (nSPS) is 29.5. The van der Waals surface area contributed by atoms with E-state index in [-0.39, 0.29) is 0 Å². The molecule has 0 N–H and O–H groups in total. The number of rotatable bonds is 3. The summed E-state index contributed by atoms with van der Waals surface area (Å²) < 4.78 is 0.314. The molecule has 2 aromatic rings. The fourth-order valence-electron chi connectivity index (χ4n) is 4.43. The molecule has 3 atom stereocenters. The van der Waals surface area contributed by atoms with Crippen LogP contribution in [-0.2, 0) is 6.42 Å². The van der Waals surface area contributed by atoms with Gasteiger partial charge in [0, 0.05) is 0 Å². The Hall–Kier alpha value is -0.961. The molecule has 21 heavy (non-hydrogen) atoms. The first kappa shape index (κ1) is 13.7. The molecule has 0 saturated heterocycles. The van der Waals surface area contributed by atoms with Crippen LogP contribution in [0.1, 0.15) is 17.0 Å². The molecule has 107 valence electrons. The molecule has 0 spiro atoms. The summed E-state index contributed by atoms with van der Waals surface area (Å²) >= 11 is -2.15. The summed E-state index contributed by atoms with van der Waals surface area (Å²) in [5.74, 6) is 1.44. The Morgan fingerprint density at radius 2 is 1.62 bits per heavy atom. The summed E-state index contributed by atoms with van der Waals surface area (Å²) in [6, 6.07) is 19.8. The van der Waals surface area contributed by atoms with E-state index < -0.39 is 18.4 Å². The van der Waals surface area contributed by atoms with Crippen molar-refractivity contribution >= 4 is 24.1 Å². The molecule has 1 heterocycles.